The minimum atomic E-state index is -0.511. The summed E-state index contributed by atoms with van der Waals surface area (Å²) in [6.45, 7) is 1.44. The van der Waals surface area contributed by atoms with E-state index >= 15 is 0 Å². The monoisotopic (exact) mass is 529 g/mol. The van der Waals surface area contributed by atoms with Crippen molar-refractivity contribution in [2.45, 2.75) is 17.1 Å². The fourth-order valence-corrected chi connectivity index (χ4v) is 4.75. The Hall–Kier alpha value is -4.07. The van der Waals surface area contributed by atoms with E-state index in [1.54, 1.807) is 60.7 Å². The van der Waals surface area contributed by atoms with Crippen molar-refractivity contribution in [1.82, 2.24) is 0 Å². The molecule has 0 radical (unpaired) electrons. The third kappa shape index (κ3) is 7.46. The number of carbonyl (C=O) groups is 3. The molecule has 0 saturated carbocycles. The van der Waals surface area contributed by atoms with Crippen LogP contribution in [0.2, 0.25) is 5.02 Å². The molecule has 0 aromatic heterocycles. The van der Waals surface area contributed by atoms with Gasteiger partial charge in [-0.2, -0.15) is 0 Å². The van der Waals surface area contributed by atoms with Crippen LogP contribution < -0.4 is 16.0 Å². The number of hydrogen-bond donors (Lipinski definition) is 3. The van der Waals surface area contributed by atoms with Gasteiger partial charge < -0.3 is 16.0 Å². The lowest BCUT2D eigenvalue weighted by Crippen LogP contribution is -2.19. The highest BCUT2D eigenvalue weighted by Crippen LogP contribution is 2.37. The number of rotatable bonds is 8. The Morgan fingerprint density at radius 1 is 0.703 bits per heavy atom. The van der Waals surface area contributed by atoms with Crippen molar-refractivity contribution in [1.29, 1.82) is 0 Å². The molecule has 0 aliphatic carbocycles. The van der Waals surface area contributed by atoms with Gasteiger partial charge in [-0.25, -0.2) is 0 Å². The first-order valence-electron chi connectivity index (χ1n) is 11.4. The summed E-state index contributed by atoms with van der Waals surface area (Å²) in [4.78, 5) is 37.9. The van der Waals surface area contributed by atoms with Crippen LogP contribution in [-0.4, -0.2) is 17.7 Å². The lowest BCUT2D eigenvalue weighted by Gasteiger charge is -2.17. The van der Waals surface area contributed by atoms with Gasteiger partial charge in [-0.15, -0.1) is 11.8 Å². The van der Waals surface area contributed by atoms with E-state index in [0.717, 1.165) is 10.5 Å². The molecule has 1 unspecified atom stereocenters. The normalized spacial score (nSPS) is 11.3. The molecule has 4 aromatic rings. The molecule has 3 N–H and O–H groups in total. The Balaban J connectivity index is 1.46. The van der Waals surface area contributed by atoms with E-state index in [1.807, 2.05) is 42.5 Å². The second kappa shape index (κ2) is 12.3. The second-order valence-corrected chi connectivity index (χ2v) is 9.76. The lowest BCUT2D eigenvalue weighted by molar-refractivity contribution is -0.116. The van der Waals surface area contributed by atoms with Crippen LogP contribution in [0.5, 0.6) is 0 Å². The molecule has 0 fully saturated rings. The van der Waals surface area contributed by atoms with Gasteiger partial charge >= 0.3 is 0 Å². The Labute approximate surface area is 224 Å². The van der Waals surface area contributed by atoms with Crippen molar-refractivity contribution >= 4 is 58.1 Å². The van der Waals surface area contributed by atoms with E-state index in [2.05, 4.69) is 16.0 Å². The SMILES string of the molecule is CC(=O)Nc1ccc(NC(=O)C(Sc2ccc(NC(=O)c3cccc(Cl)c3)cc2)c2ccccc2)cc1. The van der Waals surface area contributed by atoms with Gasteiger partial charge in [-0.3, -0.25) is 14.4 Å². The average Bonchev–Trinajstić information content (AvgIpc) is 2.89. The van der Waals surface area contributed by atoms with Crippen molar-refractivity contribution in [2.24, 2.45) is 0 Å². The van der Waals surface area contributed by atoms with Crippen LogP contribution in [0.1, 0.15) is 28.1 Å². The highest BCUT2D eigenvalue weighted by molar-refractivity contribution is 8.00. The van der Waals surface area contributed by atoms with E-state index in [-0.39, 0.29) is 17.7 Å². The van der Waals surface area contributed by atoms with E-state index in [9.17, 15) is 14.4 Å². The highest BCUT2D eigenvalue weighted by Gasteiger charge is 2.22. The van der Waals surface area contributed by atoms with Gasteiger partial charge in [0.25, 0.3) is 5.91 Å². The molecule has 0 spiro atoms. The fourth-order valence-electron chi connectivity index (χ4n) is 3.53. The summed E-state index contributed by atoms with van der Waals surface area (Å²) in [6.07, 6.45) is 0. The molecule has 186 valence electrons. The molecule has 0 aliphatic heterocycles. The standard InChI is InChI=1S/C29H24ClN3O3S/c1-19(34)31-23-10-12-24(13-11-23)33-29(36)27(20-6-3-2-4-7-20)37-26-16-14-25(15-17-26)32-28(35)21-8-5-9-22(30)18-21/h2-18,27H,1H3,(H,31,34)(H,32,35)(H,33,36). The van der Waals surface area contributed by atoms with Crippen LogP contribution in [-0.2, 0) is 9.59 Å². The van der Waals surface area contributed by atoms with E-state index < -0.39 is 5.25 Å². The smallest absolute Gasteiger partial charge is 0.255 e. The quantitative estimate of drug-likeness (QED) is 0.214. The molecular weight excluding hydrogens is 506 g/mol. The van der Waals surface area contributed by atoms with Crippen molar-refractivity contribution in [3.8, 4) is 0 Å². The molecule has 8 heteroatoms. The molecule has 6 nitrogen and oxygen atoms in total. The molecule has 0 bridgehead atoms. The van der Waals surface area contributed by atoms with Crippen LogP contribution in [0.25, 0.3) is 0 Å². The zero-order chi connectivity index (χ0) is 26.2. The first-order valence-corrected chi connectivity index (χ1v) is 12.7. The summed E-state index contributed by atoms with van der Waals surface area (Å²) >= 11 is 7.39. The Bertz CT molecular complexity index is 1390. The minimum absolute atomic E-state index is 0.160. The number of hydrogen-bond acceptors (Lipinski definition) is 4. The van der Waals surface area contributed by atoms with Crippen LogP contribution in [0.4, 0.5) is 17.1 Å². The third-order valence-corrected chi connectivity index (χ3v) is 6.77. The lowest BCUT2D eigenvalue weighted by atomic mass is 10.1. The van der Waals surface area contributed by atoms with Crippen LogP contribution >= 0.6 is 23.4 Å². The van der Waals surface area contributed by atoms with Crippen molar-refractivity contribution < 1.29 is 14.4 Å². The highest BCUT2D eigenvalue weighted by atomic mass is 35.5. The molecule has 0 aliphatic rings. The molecule has 4 aromatic carbocycles. The number of carbonyl (C=O) groups excluding carboxylic acids is 3. The maximum absolute atomic E-state index is 13.3. The number of halogens is 1. The zero-order valence-corrected chi connectivity index (χ0v) is 21.5. The van der Waals surface area contributed by atoms with Gasteiger partial charge in [0.2, 0.25) is 11.8 Å². The molecule has 0 heterocycles. The van der Waals surface area contributed by atoms with Gasteiger partial charge in [0.05, 0.1) is 0 Å². The predicted molar refractivity (Wildman–Crippen MR) is 150 cm³/mol. The fraction of sp³-hybridized carbons (Fsp3) is 0.0690. The number of nitrogens with one attached hydrogen (secondary N) is 3. The summed E-state index contributed by atoms with van der Waals surface area (Å²) in [5.41, 5.74) is 3.24. The first kappa shape index (κ1) is 26.0. The second-order valence-electron chi connectivity index (χ2n) is 8.15. The minimum Gasteiger partial charge on any atom is -0.326 e. The van der Waals surface area contributed by atoms with Gasteiger partial charge in [0.15, 0.2) is 0 Å². The largest absolute Gasteiger partial charge is 0.326 e. The Morgan fingerprint density at radius 3 is 1.92 bits per heavy atom. The van der Waals surface area contributed by atoms with Crippen molar-refractivity contribution in [2.75, 3.05) is 16.0 Å². The van der Waals surface area contributed by atoms with Crippen LogP contribution in [0, 0.1) is 0 Å². The Kier molecular flexibility index (Phi) is 8.61. The summed E-state index contributed by atoms with van der Waals surface area (Å²) in [6, 6.07) is 30.5. The van der Waals surface area contributed by atoms with Crippen LogP contribution in [0.3, 0.4) is 0 Å². The van der Waals surface area contributed by atoms with Crippen LogP contribution in [0.15, 0.2) is 108 Å². The molecule has 3 amide bonds. The Morgan fingerprint density at radius 2 is 1.30 bits per heavy atom. The zero-order valence-electron chi connectivity index (χ0n) is 19.9. The predicted octanol–water partition coefficient (Wildman–Crippen LogP) is 7.02. The molecule has 0 saturated heterocycles. The number of benzene rings is 4. The molecule has 37 heavy (non-hydrogen) atoms. The van der Waals surface area contributed by atoms with Crippen molar-refractivity contribution in [3.05, 3.63) is 119 Å². The van der Waals surface area contributed by atoms with Gasteiger partial charge in [0, 0.05) is 39.5 Å². The third-order valence-electron chi connectivity index (χ3n) is 5.27. The first-order chi connectivity index (χ1) is 17.9. The summed E-state index contributed by atoms with van der Waals surface area (Å²) in [5, 5.41) is 8.51. The summed E-state index contributed by atoms with van der Waals surface area (Å²) in [5.74, 6) is -0.594. The molecule has 4 rings (SSSR count). The average molecular weight is 530 g/mol. The molecular formula is C29H24ClN3O3S. The van der Waals surface area contributed by atoms with E-state index in [1.165, 1.54) is 18.7 Å². The number of anilines is 3. The van der Waals surface area contributed by atoms with E-state index in [0.29, 0.717) is 27.6 Å². The topological polar surface area (TPSA) is 87.3 Å². The number of thioether (sulfide) groups is 1. The van der Waals surface area contributed by atoms with Gasteiger partial charge in [-0.05, 0) is 72.3 Å². The maximum atomic E-state index is 13.3. The van der Waals surface area contributed by atoms with E-state index in [4.69, 9.17) is 11.6 Å². The van der Waals surface area contributed by atoms with Gasteiger partial charge in [0.1, 0.15) is 5.25 Å². The number of amides is 3. The maximum Gasteiger partial charge on any atom is 0.255 e. The van der Waals surface area contributed by atoms with Crippen molar-refractivity contribution in [3.63, 3.8) is 0 Å². The summed E-state index contributed by atoms with van der Waals surface area (Å²) in [7, 11) is 0. The summed E-state index contributed by atoms with van der Waals surface area (Å²) < 4.78 is 0. The molecule has 1 atom stereocenters. The van der Waals surface area contributed by atoms with Gasteiger partial charge in [-0.1, -0.05) is 48.0 Å².